The number of aromatic nitrogens is 4. The Morgan fingerprint density at radius 2 is 1.67 bits per heavy atom. The maximum absolute atomic E-state index is 12.7. The highest BCUT2D eigenvalue weighted by atomic mass is 16.5. The second-order valence-corrected chi connectivity index (χ2v) is 14.7. The fraction of sp³-hybridized carbons (Fsp3) is 0.390. The smallest absolute Gasteiger partial charge is 0.249 e. The molecule has 2 saturated heterocycles. The number of nitrogens with one attached hydrogen (secondary N) is 1. The number of likely N-dealkylation sites (tertiary alicyclic amines) is 1. The van der Waals surface area contributed by atoms with Crippen molar-refractivity contribution < 1.29 is 19.4 Å². The lowest BCUT2D eigenvalue weighted by Crippen LogP contribution is -2.54. The molecule has 3 aromatic heterocycles. The first kappa shape index (κ1) is 32.6. The molecule has 1 saturated carbocycles. The average molecular weight is 698 g/mol. The van der Waals surface area contributed by atoms with E-state index in [2.05, 4.69) is 60.2 Å². The lowest BCUT2D eigenvalue weighted by atomic mass is 9.79. The van der Waals surface area contributed by atoms with Gasteiger partial charge in [-0.2, -0.15) is 0 Å². The van der Waals surface area contributed by atoms with Gasteiger partial charge in [-0.25, -0.2) is 4.98 Å². The average Bonchev–Trinajstić information content (AvgIpc) is 3.62. The molecule has 4 aliphatic rings. The Hall–Kier alpha value is -5.29. The van der Waals surface area contributed by atoms with Gasteiger partial charge in [0.15, 0.2) is 0 Å². The van der Waals surface area contributed by atoms with E-state index >= 15 is 0 Å². The first-order chi connectivity index (χ1) is 25.5. The number of amides is 2. The molecule has 11 nitrogen and oxygen atoms in total. The monoisotopic (exact) mass is 697 g/mol. The highest BCUT2D eigenvalue weighted by molar-refractivity contribution is 6.02. The quantitative estimate of drug-likeness (QED) is 0.203. The van der Waals surface area contributed by atoms with E-state index in [-0.39, 0.29) is 23.6 Å². The Morgan fingerprint density at radius 1 is 0.827 bits per heavy atom. The van der Waals surface area contributed by atoms with Crippen LogP contribution in [-0.2, 0) is 9.59 Å². The third kappa shape index (κ3) is 6.06. The number of aromatic hydroxyl groups is 1. The van der Waals surface area contributed by atoms with Crippen molar-refractivity contribution in [2.24, 2.45) is 0 Å². The molecule has 11 heteroatoms. The van der Waals surface area contributed by atoms with Gasteiger partial charge in [0, 0.05) is 30.4 Å². The van der Waals surface area contributed by atoms with E-state index in [0.717, 1.165) is 67.1 Å². The first-order valence-corrected chi connectivity index (χ1v) is 18.7. The summed E-state index contributed by atoms with van der Waals surface area (Å²) < 4.78 is 8.35. The maximum Gasteiger partial charge on any atom is 0.249 e. The van der Waals surface area contributed by atoms with Gasteiger partial charge >= 0.3 is 0 Å². The second-order valence-electron chi connectivity index (χ2n) is 14.7. The molecule has 1 unspecified atom stereocenters. The Kier molecular flexibility index (Phi) is 8.58. The maximum atomic E-state index is 12.7. The lowest BCUT2D eigenvalue weighted by Gasteiger charge is -2.42. The summed E-state index contributed by atoms with van der Waals surface area (Å²) in [6, 6.07) is 22.1. The van der Waals surface area contributed by atoms with Gasteiger partial charge in [0.05, 0.1) is 23.4 Å². The molecule has 2 amide bonds. The molecule has 2 N–H and O–H groups in total. The molecule has 1 aliphatic carbocycles. The van der Waals surface area contributed by atoms with Crippen molar-refractivity contribution in [3.63, 3.8) is 0 Å². The molecule has 6 heterocycles. The number of ether oxygens (including phenoxy) is 1. The third-order valence-electron chi connectivity index (χ3n) is 11.8. The minimum Gasteiger partial charge on any atom is -0.507 e. The number of pyridine rings is 1. The van der Waals surface area contributed by atoms with Gasteiger partial charge in [-0.1, -0.05) is 24.3 Å². The minimum atomic E-state index is -0.332. The van der Waals surface area contributed by atoms with Crippen LogP contribution in [0.5, 0.6) is 11.5 Å². The molecule has 0 bridgehead atoms. The summed E-state index contributed by atoms with van der Waals surface area (Å²) in [7, 11) is 0. The number of hydrogen-bond acceptors (Lipinski definition) is 9. The standard InChI is InChI=1S/C41H43N7O4/c49-37-7-2-1-4-31(37)33-25-36-32(44-45-33)17-21-48(36)38-24-28(14-18-42-38)26-15-19-46(20-16-26)29-10-8-27(9-11-29)30-5-3-6-34-40(30)52-23-22-47(34)35-12-13-39(50)43-41(35)51/h1-7,14,17-18,21,24-27,29,35,49H,8-13,15-16,19-20,22-23H2,(H,43,50,51). The number of phenolic OH excluding ortho intramolecular Hbond substituents is 1. The molecule has 3 aliphatic heterocycles. The van der Waals surface area contributed by atoms with E-state index in [1.54, 1.807) is 12.1 Å². The topological polar surface area (TPSA) is 126 Å². The summed E-state index contributed by atoms with van der Waals surface area (Å²) in [6.07, 6.45) is 11.6. The van der Waals surface area contributed by atoms with Crippen LogP contribution in [0, 0.1) is 0 Å². The number of para-hydroxylation sites is 2. The van der Waals surface area contributed by atoms with E-state index in [4.69, 9.17) is 9.72 Å². The number of phenols is 1. The first-order valence-electron chi connectivity index (χ1n) is 18.7. The van der Waals surface area contributed by atoms with Crippen LogP contribution in [0.15, 0.2) is 79.1 Å². The Labute approximate surface area is 302 Å². The van der Waals surface area contributed by atoms with Gasteiger partial charge in [-0.15, -0.1) is 10.2 Å². The molecule has 3 fully saturated rings. The summed E-state index contributed by atoms with van der Waals surface area (Å²) in [5.41, 5.74) is 6.52. The van der Waals surface area contributed by atoms with E-state index in [1.165, 1.54) is 24.0 Å². The normalized spacial score (nSPS) is 22.9. The molecule has 0 radical (unpaired) electrons. The fourth-order valence-corrected chi connectivity index (χ4v) is 9.04. The fourth-order valence-electron chi connectivity index (χ4n) is 9.04. The number of carbonyl (C=O) groups is 2. The number of hydrogen-bond donors (Lipinski definition) is 2. The van der Waals surface area contributed by atoms with Crippen LogP contribution in [0.25, 0.3) is 28.1 Å². The predicted octanol–water partition coefficient (Wildman–Crippen LogP) is 6.10. The van der Waals surface area contributed by atoms with E-state index in [1.807, 2.05) is 36.7 Å². The summed E-state index contributed by atoms with van der Waals surface area (Å²) in [5.74, 6) is 2.49. The zero-order valence-corrected chi connectivity index (χ0v) is 29.2. The zero-order valence-electron chi connectivity index (χ0n) is 29.2. The van der Waals surface area contributed by atoms with Crippen molar-refractivity contribution in [3.05, 3.63) is 90.3 Å². The number of anilines is 1. The van der Waals surface area contributed by atoms with E-state index in [9.17, 15) is 14.7 Å². The van der Waals surface area contributed by atoms with Crippen LogP contribution < -0.4 is 15.0 Å². The summed E-state index contributed by atoms with van der Waals surface area (Å²) in [6.45, 7) is 3.37. The molecule has 5 aromatic rings. The SMILES string of the molecule is O=C1CCC(N2CCOc3c(C4CCC(N5CCC(c6ccnc(-n7ccc8nnc(-c9ccccc9O)cc87)c6)CC5)CC4)cccc32)C(=O)N1. The number of fused-ring (bicyclic) bond motifs is 2. The van der Waals surface area contributed by atoms with E-state index < -0.39 is 0 Å². The molecule has 266 valence electrons. The van der Waals surface area contributed by atoms with Crippen LogP contribution in [0.3, 0.4) is 0 Å². The molecule has 1 atom stereocenters. The van der Waals surface area contributed by atoms with Crippen LogP contribution in [0.1, 0.15) is 74.3 Å². The number of nitrogens with zero attached hydrogens (tertiary/aromatic N) is 6. The zero-order chi connectivity index (χ0) is 35.2. The van der Waals surface area contributed by atoms with Gasteiger partial charge in [0.25, 0.3) is 0 Å². The van der Waals surface area contributed by atoms with Crippen molar-refractivity contribution >= 4 is 28.5 Å². The molecule has 0 spiro atoms. The highest BCUT2D eigenvalue weighted by Gasteiger charge is 2.37. The summed E-state index contributed by atoms with van der Waals surface area (Å²) in [5, 5.41) is 21.7. The van der Waals surface area contributed by atoms with Gasteiger partial charge in [-0.3, -0.25) is 19.5 Å². The van der Waals surface area contributed by atoms with Gasteiger partial charge in [0.1, 0.15) is 35.5 Å². The van der Waals surface area contributed by atoms with Crippen molar-refractivity contribution in [2.75, 3.05) is 31.1 Å². The lowest BCUT2D eigenvalue weighted by molar-refractivity contribution is -0.134. The Balaban J connectivity index is 0.840. The van der Waals surface area contributed by atoms with E-state index in [0.29, 0.717) is 55.1 Å². The number of carbonyl (C=O) groups excluding carboxylic acids is 2. The predicted molar refractivity (Wildman–Crippen MR) is 198 cm³/mol. The van der Waals surface area contributed by atoms with Gasteiger partial charge in [0.2, 0.25) is 11.8 Å². The molecule has 52 heavy (non-hydrogen) atoms. The molecular weight excluding hydrogens is 654 g/mol. The van der Waals surface area contributed by atoms with Crippen molar-refractivity contribution in [2.45, 2.75) is 75.3 Å². The van der Waals surface area contributed by atoms with Crippen LogP contribution in [0.4, 0.5) is 5.69 Å². The second kappa shape index (κ2) is 13.7. The van der Waals surface area contributed by atoms with Crippen molar-refractivity contribution in [1.29, 1.82) is 0 Å². The van der Waals surface area contributed by atoms with Gasteiger partial charge < -0.3 is 19.6 Å². The largest absolute Gasteiger partial charge is 0.507 e. The van der Waals surface area contributed by atoms with Gasteiger partial charge in [-0.05, 0) is 123 Å². The van der Waals surface area contributed by atoms with Crippen LogP contribution in [-0.4, -0.2) is 79.9 Å². The number of rotatable bonds is 6. The number of benzene rings is 2. The third-order valence-corrected chi connectivity index (χ3v) is 11.8. The molecular formula is C41H43N7O4. The highest BCUT2D eigenvalue weighted by Crippen LogP contribution is 2.45. The number of imide groups is 1. The summed E-state index contributed by atoms with van der Waals surface area (Å²) >= 11 is 0. The minimum absolute atomic E-state index is 0.179. The Bertz CT molecular complexity index is 2130. The summed E-state index contributed by atoms with van der Waals surface area (Å²) in [4.78, 5) is 34.1. The van der Waals surface area contributed by atoms with Crippen LogP contribution in [0.2, 0.25) is 0 Å². The van der Waals surface area contributed by atoms with Crippen molar-refractivity contribution in [3.8, 4) is 28.6 Å². The van der Waals surface area contributed by atoms with Crippen molar-refractivity contribution in [1.82, 2.24) is 30.0 Å². The van der Waals surface area contributed by atoms with Crippen LogP contribution >= 0.6 is 0 Å². The molecule has 2 aromatic carbocycles. The molecule has 9 rings (SSSR count). The number of piperidine rings is 2. The Morgan fingerprint density at radius 3 is 2.50 bits per heavy atom.